The Labute approximate surface area is 141 Å². The summed E-state index contributed by atoms with van der Waals surface area (Å²) in [6, 6.07) is 7.67. The molecule has 0 radical (unpaired) electrons. The molecule has 2 atom stereocenters. The number of carbonyl (C=O) groups excluding carboxylic acids is 2. The van der Waals surface area contributed by atoms with E-state index in [0.29, 0.717) is 18.7 Å². The lowest BCUT2D eigenvalue weighted by atomic mass is 10.0. The summed E-state index contributed by atoms with van der Waals surface area (Å²) < 4.78 is 5.18. The number of anilines is 1. The quantitative estimate of drug-likeness (QED) is 0.887. The van der Waals surface area contributed by atoms with Gasteiger partial charge in [0.25, 0.3) is 0 Å². The van der Waals surface area contributed by atoms with E-state index >= 15 is 0 Å². The Kier molecular flexibility index (Phi) is 4.42. The van der Waals surface area contributed by atoms with Crippen LogP contribution >= 0.6 is 0 Å². The van der Waals surface area contributed by atoms with Crippen molar-refractivity contribution in [2.24, 2.45) is 11.8 Å². The topological polar surface area (TPSA) is 71.3 Å². The van der Waals surface area contributed by atoms with Crippen molar-refractivity contribution in [3.05, 3.63) is 53.0 Å². The van der Waals surface area contributed by atoms with Crippen molar-refractivity contribution in [1.29, 1.82) is 0 Å². The van der Waals surface area contributed by atoms with Crippen molar-refractivity contribution in [3.63, 3.8) is 0 Å². The number of hydrogen-bond acceptors (Lipinski definition) is 3. The molecular weight excluding hydrogens is 304 g/mol. The molecule has 2 aromatic rings. The maximum Gasteiger partial charge on any atom is 0.228 e. The fraction of sp³-hybridized carbons (Fsp3) is 0.368. The van der Waals surface area contributed by atoms with Crippen LogP contribution < -0.4 is 10.6 Å². The van der Waals surface area contributed by atoms with Gasteiger partial charge in [-0.15, -0.1) is 0 Å². The molecule has 1 saturated carbocycles. The van der Waals surface area contributed by atoms with Crippen LogP contribution in [0.1, 0.15) is 28.9 Å². The summed E-state index contributed by atoms with van der Waals surface area (Å²) in [4.78, 5) is 24.5. The van der Waals surface area contributed by atoms with Crippen molar-refractivity contribution in [1.82, 2.24) is 5.32 Å². The van der Waals surface area contributed by atoms with E-state index in [4.69, 9.17) is 4.42 Å². The van der Waals surface area contributed by atoms with Gasteiger partial charge >= 0.3 is 0 Å². The number of benzene rings is 1. The van der Waals surface area contributed by atoms with E-state index in [1.165, 1.54) is 5.56 Å². The molecule has 0 bridgehead atoms. The van der Waals surface area contributed by atoms with E-state index in [9.17, 15) is 9.59 Å². The summed E-state index contributed by atoms with van der Waals surface area (Å²) in [5, 5.41) is 5.80. The number of amides is 2. The van der Waals surface area contributed by atoms with Crippen LogP contribution in [0.4, 0.5) is 5.69 Å². The van der Waals surface area contributed by atoms with Gasteiger partial charge in [-0.25, -0.2) is 0 Å². The Morgan fingerprint density at radius 2 is 1.79 bits per heavy atom. The molecule has 1 aromatic carbocycles. The van der Waals surface area contributed by atoms with Crippen molar-refractivity contribution >= 4 is 17.5 Å². The SMILES string of the molecule is Cc1cc(C)c(NC(=O)C2CC2C(=O)NCc2ccco2)c(C)c1. The predicted molar refractivity (Wildman–Crippen MR) is 91.4 cm³/mol. The third kappa shape index (κ3) is 3.50. The van der Waals surface area contributed by atoms with Crippen LogP contribution in [-0.2, 0) is 16.1 Å². The molecule has 24 heavy (non-hydrogen) atoms. The summed E-state index contributed by atoms with van der Waals surface area (Å²) in [6.45, 7) is 6.35. The van der Waals surface area contributed by atoms with Gasteiger partial charge in [-0.1, -0.05) is 17.7 Å². The zero-order valence-electron chi connectivity index (χ0n) is 14.2. The Balaban J connectivity index is 1.55. The van der Waals surface area contributed by atoms with Gasteiger partial charge in [-0.2, -0.15) is 0 Å². The molecular formula is C19H22N2O3. The van der Waals surface area contributed by atoms with Crippen LogP contribution in [0.5, 0.6) is 0 Å². The molecule has 0 spiro atoms. The Morgan fingerprint density at radius 3 is 2.42 bits per heavy atom. The molecule has 3 rings (SSSR count). The van der Waals surface area contributed by atoms with Gasteiger partial charge in [-0.3, -0.25) is 9.59 Å². The first kappa shape index (κ1) is 16.3. The average Bonchev–Trinajstić information content (AvgIpc) is 3.16. The fourth-order valence-corrected chi connectivity index (χ4v) is 3.09. The van der Waals surface area contributed by atoms with E-state index in [-0.39, 0.29) is 23.7 Å². The first-order valence-electron chi connectivity index (χ1n) is 8.14. The summed E-state index contributed by atoms with van der Waals surface area (Å²) in [5.74, 6) is 0.0377. The molecule has 1 fully saturated rings. The minimum atomic E-state index is -0.248. The lowest BCUT2D eigenvalue weighted by Gasteiger charge is -2.12. The molecule has 5 heteroatoms. The number of rotatable bonds is 5. The summed E-state index contributed by atoms with van der Waals surface area (Å²) in [7, 11) is 0. The lowest BCUT2D eigenvalue weighted by Crippen LogP contribution is -2.27. The van der Waals surface area contributed by atoms with Gasteiger partial charge in [0, 0.05) is 5.69 Å². The van der Waals surface area contributed by atoms with Gasteiger partial charge in [-0.05, 0) is 50.5 Å². The van der Waals surface area contributed by atoms with Gasteiger partial charge in [0.1, 0.15) is 5.76 Å². The highest BCUT2D eigenvalue weighted by Crippen LogP contribution is 2.40. The Morgan fingerprint density at radius 1 is 1.12 bits per heavy atom. The minimum Gasteiger partial charge on any atom is -0.467 e. The molecule has 1 aromatic heterocycles. The van der Waals surface area contributed by atoms with Crippen LogP contribution in [-0.4, -0.2) is 11.8 Å². The zero-order valence-corrected chi connectivity index (χ0v) is 14.2. The second-order valence-electron chi connectivity index (χ2n) is 6.51. The van der Waals surface area contributed by atoms with Crippen molar-refractivity contribution in [2.75, 3.05) is 5.32 Å². The number of carbonyl (C=O) groups is 2. The summed E-state index contributed by atoms with van der Waals surface area (Å²) >= 11 is 0. The highest BCUT2D eigenvalue weighted by molar-refractivity contribution is 6.00. The van der Waals surface area contributed by atoms with Gasteiger partial charge < -0.3 is 15.1 Å². The summed E-state index contributed by atoms with van der Waals surface area (Å²) in [6.07, 6.45) is 2.17. The van der Waals surface area contributed by atoms with Crippen LogP contribution in [0.15, 0.2) is 34.9 Å². The van der Waals surface area contributed by atoms with Crippen LogP contribution in [0.25, 0.3) is 0 Å². The molecule has 126 valence electrons. The molecule has 0 saturated heterocycles. The number of furan rings is 1. The third-order valence-corrected chi connectivity index (χ3v) is 4.41. The van der Waals surface area contributed by atoms with E-state index in [2.05, 4.69) is 10.6 Å². The standard InChI is InChI=1S/C19H22N2O3/c1-11-7-12(2)17(13(3)8-11)21-19(23)16-9-15(16)18(22)20-10-14-5-4-6-24-14/h4-8,15-16H,9-10H2,1-3H3,(H,20,22)(H,21,23). The monoisotopic (exact) mass is 326 g/mol. The number of aryl methyl sites for hydroxylation is 3. The Hall–Kier alpha value is -2.56. The molecule has 2 N–H and O–H groups in total. The highest BCUT2D eigenvalue weighted by Gasteiger charge is 2.48. The van der Waals surface area contributed by atoms with Crippen molar-refractivity contribution < 1.29 is 14.0 Å². The molecule has 2 unspecified atom stereocenters. The second kappa shape index (κ2) is 6.51. The third-order valence-electron chi connectivity index (χ3n) is 4.41. The van der Waals surface area contributed by atoms with Gasteiger partial charge in [0.15, 0.2) is 0 Å². The molecule has 0 aliphatic heterocycles. The van der Waals surface area contributed by atoms with E-state index in [1.54, 1.807) is 18.4 Å². The molecule has 1 aliphatic rings. The minimum absolute atomic E-state index is 0.0804. The maximum absolute atomic E-state index is 12.4. The van der Waals surface area contributed by atoms with Crippen molar-refractivity contribution in [3.8, 4) is 0 Å². The van der Waals surface area contributed by atoms with Crippen LogP contribution in [0.2, 0.25) is 0 Å². The van der Waals surface area contributed by atoms with Crippen LogP contribution in [0.3, 0.4) is 0 Å². The number of hydrogen-bond donors (Lipinski definition) is 2. The second-order valence-corrected chi connectivity index (χ2v) is 6.51. The van der Waals surface area contributed by atoms with Crippen molar-refractivity contribution in [2.45, 2.75) is 33.7 Å². The maximum atomic E-state index is 12.4. The molecule has 5 nitrogen and oxygen atoms in total. The normalized spacial score (nSPS) is 19.0. The number of nitrogens with one attached hydrogen (secondary N) is 2. The first-order valence-corrected chi connectivity index (χ1v) is 8.14. The van der Waals surface area contributed by atoms with E-state index < -0.39 is 0 Å². The Bertz CT molecular complexity index is 742. The van der Waals surface area contributed by atoms with E-state index in [1.807, 2.05) is 32.9 Å². The van der Waals surface area contributed by atoms with E-state index in [0.717, 1.165) is 16.8 Å². The zero-order chi connectivity index (χ0) is 17.3. The lowest BCUT2D eigenvalue weighted by molar-refractivity contribution is -0.125. The summed E-state index contributed by atoms with van der Waals surface area (Å²) in [5.41, 5.74) is 4.11. The fourth-order valence-electron chi connectivity index (χ4n) is 3.09. The largest absolute Gasteiger partial charge is 0.467 e. The molecule has 2 amide bonds. The average molecular weight is 326 g/mol. The smallest absolute Gasteiger partial charge is 0.228 e. The predicted octanol–water partition coefficient (Wildman–Crippen LogP) is 3.10. The van der Waals surface area contributed by atoms with Gasteiger partial charge in [0.05, 0.1) is 24.6 Å². The first-order chi connectivity index (χ1) is 11.5. The van der Waals surface area contributed by atoms with Crippen LogP contribution in [0, 0.1) is 32.6 Å². The molecule has 1 aliphatic carbocycles. The van der Waals surface area contributed by atoms with Gasteiger partial charge in [0.2, 0.25) is 11.8 Å². The highest BCUT2D eigenvalue weighted by atomic mass is 16.3. The molecule has 1 heterocycles.